The third kappa shape index (κ3) is 3.42. The first kappa shape index (κ1) is 19.3. The predicted octanol–water partition coefficient (Wildman–Crippen LogP) is 3.66. The Hall–Kier alpha value is -3.99. The van der Waals surface area contributed by atoms with E-state index < -0.39 is 5.92 Å². The smallest absolute Gasteiger partial charge is 0.244 e. The van der Waals surface area contributed by atoms with E-state index in [1.54, 1.807) is 19.2 Å². The first-order valence-electron chi connectivity index (χ1n) is 9.19. The molecule has 1 aliphatic rings. The van der Waals surface area contributed by atoms with Crippen LogP contribution in [0.4, 0.5) is 4.39 Å². The molecule has 8 heteroatoms. The summed E-state index contributed by atoms with van der Waals surface area (Å²) in [6.45, 7) is 2.06. The minimum absolute atomic E-state index is 0.0291. The van der Waals surface area contributed by atoms with Crippen molar-refractivity contribution in [1.29, 1.82) is 5.26 Å². The normalized spacial score (nSPS) is 15.2. The molecule has 152 valence electrons. The number of fused-ring (bicyclic) bond motifs is 1. The molecular weight excluding hydrogens is 387 g/mol. The summed E-state index contributed by atoms with van der Waals surface area (Å²) in [5.74, 6) is 0.779. The average Bonchev–Trinajstić information content (AvgIpc) is 3.12. The van der Waals surface area contributed by atoms with E-state index in [4.69, 9.17) is 19.9 Å². The molecule has 0 unspecified atom stereocenters. The number of hydrogen-bond acceptors (Lipinski definition) is 6. The summed E-state index contributed by atoms with van der Waals surface area (Å²) in [4.78, 5) is 0. The molecule has 7 nitrogen and oxygen atoms in total. The van der Waals surface area contributed by atoms with Gasteiger partial charge in [0.1, 0.15) is 35.6 Å². The van der Waals surface area contributed by atoms with Gasteiger partial charge in [-0.2, -0.15) is 5.26 Å². The minimum atomic E-state index is -0.437. The molecule has 2 heterocycles. The van der Waals surface area contributed by atoms with Crippen LogP contribution in [0.15, 0.2) is 53.9 Å². The lowest BCUT2D eigenvalue weighted by molar-refractivity contribution is 0.296. The van der Waals surface area contributed by atoms with Crippen LogP contribution in [0.1, 0.15) is 28.3 Å². The number of rotatable bonds is 5. The highest BCUT2D eigenvalue weighted by Crippen LogP contribution is 2.43. The number of nitrogens with two attached hydrogens (primary N) is 1. The zero-order valence-electron chi connectivity index (χ0n) is 16.4. The van der Waals surface area contributed by atoms with Crippen molar-refractivity contribution in [2.75, 3.05) is 7.11 Å². The van der Waals surface area contributed by atoms with Crippen LogP contribution >= 0.6 is 0 Å². The lowest BCUT2D eigenvalue weighted by Crippen LogP contribution is -2.21. The Morgan fingerprint density at radius 3 is 2.73 bits per heavy atom. The summed E-state index contributed by atoms with van der Waals surface area (Å²) >= 11 is 0. The quantitative estimate of drug-likeness (QED) is 0.670. The number of nitriles is 1. The number of allylic oxidation sites excluding steroid dienone is 1. The van der Waals surface area contributed by atoms with Crippen molar-refractivity contribution in [3.8, 4) is 23.4 Å². The third-order valence-corrected chi connectivity index (χ3v) is 4.98. The van der Waals surface area contributed by atoms with E-state index in [-0.39, 0.29) is 18.3 Å². The van der Waals surface area contributed by atoms with Crippen LogP contribution in [-0.2, 0) is 6.61 Å². The number of nitrogens with one attached hydrogen (secondary N) is 1. The van der Waals surface area contributed by atoms with Gasteiger partial charge in [-0.15, -0.1) is 5.10 Å². The van der Waals surface area contributed by atoms with Crippen molar-refractivity contribution >= 4 is 0 Å². The number of H-pyrrole nitrogens is 1. The molecule has 3 aromatic rings. The van der Waals surface area contributed by atoms with Crippen molar-refractivity contribution in [3.05, 3.63) is 82.1 Å². The maximum absolute atomic E-state index is 13.1. The highest BCUT2D eigenvalue weighted by Gasteiger charge is 2.34. The summed E-state index contributed by atoms with van der Waals surface area (Å²) in [5.41, 5.74) is 9.43. The number of benzene rings is 2. The summed E-state index contributed by atoms with van der Waals surface area (Å²) < 4.78 is 29.9. The van der Waals surface area contributed by atoms with Gasteiger partial charge in [0.15, 0.2) is 0 Å². The zero-order valence-corrected chi connectivity index (χ0v) is 16.4. The van der Waals surface area contributed by atoms with Crippen LogP contribution < -0.4 is 19.9 Å². The van der Waals surface area contributed by atoms with Crippen LogP contribution in [0, 0.1) is 24.1 Å². The maximum Gasteiger partial charge on any atom is 0.244 e. The summed E-state index contributed by atoms with van der Waals surface area (Å²) in [6, 6.07) is 13.5. The lowest BCUT2D eigenvalue weighted by Gasteiger charge is -2.24. The van der Waals surface area contributed by atoms with Gasteiger partial charge in [-0.3, -0.25) is 5.10 Å². The molecule has 0 amide bonds. The third-order valence-electron chi connectivity index (χ3n) is 4.98. The highest BCUT2D eigenvalue weighted by atomic mass is 19.1. The first-order valence-corrected chi connectivity index (χ1v) is 9.19. The van der Waals surface area contributed by atoms with Crippen molar-refractivity contribution < 1.29 is 18.6 Å². The molecule has 1 atom stereocenters. The molecule has 0 saturated heterocycles. The lowest BCUT2D eigenvalue weighted by atomic mass is 9.83. The van der Waals surface area contributed by atoms with Gasteiger partial charge in [-0.25, -0.2) is 4.39 Å². The van der Waals surface area contributed by atoms with E-state index in [1.807, 2.05) is 25.1 Å². The Balaban J connectivity index is 1.72. The monoisotopic (exact) mass is 406 g/mol. The molecule has 0 fully saturated rings. The van der Waals surface area contributed by atoms with Crippen LogP contribution in [0.3, 0.4) is 0 Å². The molecule has 1 aliphatic heterocycles. The number of aryl methyl sites for hydroxylation is 1. The largest absolute Gasteiger partial charge is 0.496 e. The Kier molecular flexibility index (Phi) is 5.02. The zero-order chi connectivity index (χ0) is 21.3. The number of methoxy groups -OCH3 is 1. The van der Waals surface area contributed by atoms with E-state index >= 15 is 0 Å². The Morgan fingerprint density at radius 2 is 2.03 bits per heavy atom. The molecule has 0 bridgehead atoms. The van der Waals surface area contributed by atoms with Gasteiger partial charge in [0.05, 0.1) is 13.0 Å². The number of aromatic amines is 1. The first-order chi connectivity index (χ1) is 14.5. The molecule has 0 spiro atoms. The molecule has 2 aromatic carbocycles. The molecule has 0 radical (unpaired) electrons. The second-order valence-electron chi connectivity index (χ2n) is 6.81. The van der Waals surface area contributed by atoms with E-state index in [0.29, 0.717) is 23.0 Å². The second kappa shape index (κ2) is 7.79. The van der Waals surface area contributed by atoms with Crippen molar-refractivity contribution in [2.45, 2.75) is 19.4 Å². The minimum Gasteiger partial charge on any atom is -0.496 e. The Bertz CT molecular complexity index is 1160. The molecular formula is C22H19FN4O3. The number of nitrogens with zero attached hydrogens (tertiary/aromatic N) is 2. The Labute approximate surface area is 172 Å². The standard InChI is InChI=1S/C22H19FN4O3/c1-12-19-20(17(10-24)21(25)30-22(19)27-26-12)13-3-8-18(28-2)14(9-13)11-29-16-6-4-15(23)5-7-16/h3-9,20H,11,25H2,1-2H3,(H,26,27)/t20-/m1/s1. The number of hydrogen-bond donors (Lipinski definition) is 2. The topological polar surface area (TPSA) is 106 Å². The summed E-state index contributed by atoms with van der Waals surface area (Å²) in [7, 11) is 1.57. The van der Waals surface area contributed by atoms with Crippen molar-refractivity contribution in [2.24, 2.45) is 5.73 Å². The van der Waals surface area contributed by atoms with Crippen molar-refractivity contribution in [1.82, 2.24) is 10.2 Å². The van der Waals surface area contributed by atoms with E-state index in [1.165, 1.54) is 12.1 Å². The average molecular weight is 406 g/mol. The highest BCUT2D eigenvalue weighted by molar-refractivity contribution is 5.56. The van der Waals surface area contributed by atoms with Crippen molar-refractivity contribution in [3.63, 3.8) is 0 Å². The predicted molar refractivity (Wildman–Crippen MR) is 106 cm³/mol. The molecule has 0 saturated carbocycles. The second-order valence-corrected chi connectivity index (χ2v) is 6.81. The van der Waals surface area contributed by atoms with Crippen LogP contribution in [-0.4, -0.2) is 17.3 Å². The van der Waals surface area contributed by atoms with Gasteiger partial charge in [0.2, 0.25) is 11.8 Å². The molecule has 4 rings (SSSR count). The van der Waals surface area contributed by atoms with Gasteiger partial charge in [0, 0.05) is 16.8 Å². The summed E-state index contributed by atoms with van der Waals surface area (Å²) in [5, 5.41) is 16.7. The fraction of sp³-hybridized carbons (Fsp3) is 0.182. The number of halogens is 1. The van der Waals surface area contributed by atoms with Gasteiger partial charge in [-0.05, 0) is 48.9 Å². The van der Waals surface area contributed by atoms with Gasteiger partial charge in [-0.1, -0.05) is 6.07 Å². The van der Waals surface area contributed by atoms with Gasteiger partial charge in [0.25, 0.3) is 0 Å². The molecule has 1 aromatic heterocycles. The van der Waals surface area contributed by atoms with E-state index in [9.17, 15) is 9.65 Å². The van der Waals surface area contributed by atoms with Crippen LogP contribution in [0.2, 0.25) is 0 Å². The maximum atomic E-state index is 13.1. The molecule has 30 heavy (non-hydrogen) atoms. The Morgan fingerprint density at radius 1 is 1.27 bits per heavy atom. The van der Waals surface area contributed by atoms with E-state index in [0.717, 1.165) is 22.4 Å². The SMILES string of the molecule is COc1ccc([C@@H]2C(C#N)=C(N)Oc3n[nH]c(C)c32)cc1COc1ccc(F)cc1. The van der Waals surface area contributed by atoms with Crippen LogP contribution in [0.25, 0.3) is 0 Å². The van der Waals surface area contributed by atoms with Crippen LogP contribution in [0.5, 0.6) is 17.4 Å². The van der Waals surface area contributed by atoms with Gasteiger partial charge < -0.3 is 19.9 Å². The van der Waals surface area contributed by atoms with Gasteiger partial charge >= 0.3 is 0 Å². The number of aromatic nitrogens is 2. The number of ether oxygens (including phenoxy) is 3. The molecule has 0 aliphatic carbocycles. The molecule has 3 N–H and O–H groups in total. The fourth-order valence-electron chi connectivity index (χ4n) is 3.51. The fourth-order valence-corrected chi connectivity index (χ4v) is 3.51. The summed E-state index contributed by atoms with van der Waals surface area (Å²) in [6.07, 6.45) is 0. The van der Waals surface area contributed by atoms with E-state index in [2.05, 4.69) is 16.3 Å².